The third-order valence-corrected chi connectivity index (χ3v) is 4.09. The van der Waals surface area contributed by atoms with Gasteiger partial charge in [0.15, 0.2) is 0 Å². The molecule has 0 fully saturated rings. The van der Waals surface area contributed by atoms with Crippen LogP contribution in [0.1, 0.15) is 10.4 Å². The number of alkyl halides is 1. The lowest BCUT2D eigenvalue weighted by atomic mass is 10.1. The molecule has 0 aliphatic carbocycles. The standard InChI is InChI=1S/C15H14Br2N2O/c16-12-6-8-13(9-7-12)19-15(20)18-10-14(17)11-4-2-1-3-5-11/h1-9,14H,10H2,(H2,18,19,20). The van der Waals surface area contributed by atoms with Crippen LogP contribution in [0.3, 0.4) is 0 Å². The molecule has 5 heteroatoms. The van der Waals surface area contributed by atoms with E-state index in [9.17, 15) is 4.79 Å². The molecule has 104 valence electrons. The van der Waals surface area contributed by atoms with E-state index < -0.39 is 0 Å². The van der Waals surface area contributed by atoms with Crippen LogP contribution in [0.2, 0.25) is 0 Å². The predicted molar refractivity (Wildman–Crippen MR) is 89.3 cm³/mol. The maximum absolute atomic E-state index is 11.8. The number of urea groups is 1. The van der Waals surface area contributed by atoms with Crippen LogP contribution in [0, 0.1) is 0 Å². The average molecular weight is 398 g/mol. The highest BCUT2D eigenvalue weighted by atomic mass is 79.9. The lowest BCUT2D eigenvalue weighted by Gasteiger charge is -2.12. The van der Waals surface area contributed by atoms with Gasteiger partial charge in [-0.2, -0.15) is 0 Å². The van der Waals surface area contributed by atoms with Crippen molar-refractivity contribution in [1.29, 1.82) is 0 Å². The van der Waals surface area contributed by atoms with Gasteiger partial charge < -0.3 is 10.6 Å². The number of carbonyl (C=O) groups is 1. The van der Waals surface area contributed by atoms with Crippen molar-refractivity contribution in [3.8, 4) is 0 Å². The second kappa shape index (κ2) is 7.45. The first-order valence-electron chi connectivity index (χ1n) is 6.14. The number of rotatable bonds is 4. The van der Waals surface area contributed by atoms with Crippen LogP contribution in [0.5, 0.6) is 0 Å². The molecule has 0 bridgehead atoms. The van der Waals surface area contributed by atoms with Gasteiger partial charge in [-0.1, -0.05) is 62.2 Å². The van der Waals surface area contributed by atoms with E-state index >= 15 is 0 Å². The third kappa shape index (κ3) is 4.65. The van der Waals surface area contributed by atoms with Gasteiger partial charge in [-0.25, -0.2) is 4.79 Å². The van der Waals surface area contributed by atoms with Crippen molar-refractivity contribution in [1.82, 2.24) is 5.32 Å². The molecule has 0 aliphatic heterocycles. The summed E-state index contributed by atoms with van der Waals surface area (Å²) in [6.45, 7) is 0.520. The van der Waals surface area contributed by atoms with Gasteiger partial charge in [0.25, 0.3) is 0 Å². The van der Waals surface area contributed by atoms with Crippen molar-refractivity contribution < 1.29 is 4.79 Å². The minimum absolute atomic E-state index is 0.0966. The molecule has 2 N–H and O–H groups in total. The Morgan fingerprint density at radius 3 is 2.35 bits per heavy atom. The van der Waals surface area contributed by atoms with E-state index in [1.54, 1.807) is 0 Å². The normalized spacial score (nSPS) is 11.7. The molecule has 0 radical (unpaired) electrons. The van der Waals surface area contributed by atoms with Crippen LogP contribution in [0.25, 0.3) is 0 Å². The minimum Gasteiger partial charge on any atom is -0.336 e. The van der Waals surface area contributed by atoms with E-state index in [0.717, 1.165) is 15.7 Å². The van der Waals surface area contributed by atoms with Crippen LogP contribution in [0.4, 0.5) is 10.5 Å². The SMILES string of the molecule is O=C(NCC(Br)c1ccccc1)Nc1ccc(Br)cc1. The molecule has 3 nitrogen and oxygen atoms in total. The first-order valence-corrected chi connectivity index (χ1v) is 7.85. The highest BCUT2D eigenvalue weighted by molar-refractivity contribution is 9.10. The first-order chi connectivity index (χ1) is 9.65. The fraction of sp³-hybridized carbons (Fsp3) is 0.133. The molecule has 0 saturated carbocycles. The van der Waals surface area contributed by atoms with Gasteiger partial charge in [-0.05, 0) is 29.8 Å². The van der Waals surface area contributed by atoms with Gasteiger partial charge >= 0.3 is 6.03 Å². The Bertz CT molecular complexity index is 558. The molecular weight excluding hydrogens is 384 g/mol. The number of anilines is 1. The molecular formula is C15H14Br2N2O. The van der Waals surface area contributed by atoms with Crippen molar-refractivity contribution in [3.05, 3.63) is 64.6 Å². The smallest absolute Gasteiger partial charge is 0.319 e. The Hall–Kier alpha value is -1.33. The zero-order valence-electron chi connectivity index (χ0n) is 10.6. The Kier molecular flexibility index (Phi) is 5.61. The Morgan fingerprint density at radius 1 is 1.05 bits per heavy atom. The summed E-state index contributed by atoms with van der Waals surface area (Å²) in [6, 6.07) is 17.2. The fourth-order valence-corrected chi connectivity index (χ4v) is 2.40. The number of halogens is 2. The predicted octanol–water partition coefficient (Wildman–Crippen LogP) is 4.71. The van der Waals surface area contributed by atoms with E-state index in [2.05, 4.69) is 42.5 Å². The molecule has 20 heavy (non-hydrogen) atoms. The molecule has 1 unspecified atom stereocenters. The summed E-state index contributed by atoms with van der Waals surface area (Å²) in [7, 11) is 0. The number of hydrogen-bond acceptors (Lipinski definition) is 1. The summed E-state index contributed by atoms with van der Waals surface area (Å²) in [5, 5.41) is 5.62. The largest absolute Gasteiger partial charge is 0.336 e. The zero-order chi connectivity index (χ0) is 14.4. The van der Waals surface area contributed by atoms with E-state index in [1.165, 1.54) is 0 Å². The molecule has 0 spiro atoms. The molecule has 0 heterocycles. The van der Waals surface area contributed by atoms with Crippen LogP contribution < -0.4 is 10.6 Å². The average Bonchev–Trinajstić information content (AvgIpc) is 2.48. The Labute approximate surface area is 135 Å². The van der Waals surface area contributed by atoms with Crippen LogP contribution in [-0.2, 0) is 0 Å². The lowest BCUT2D eigenvalue weighted by molar-refractivity contribution is 0.252. The highest BCUT2D eigenvalue weighted by Gasteiger charge is 2.08. The zero-order valence-corrected chi connectivity index (χ0v) is 13.8. The quantitative estimate of drug-likeness (QED) is 0.721. The summed E-state index contributed by atoms with van der Waals surface area (Å²) in [6.07, 6.45) is 0. The Balaban J connectivity index is 1.82. The maximum atomic E-state index is 11.8. The molecule has 0 aliphatic rings. The van der Waals surface area contributed by atoms with Crippen LogP contribution in [0.15, 0.2) is 59.1 Å². The highest BCUT2D eigenvalue weighted by Crippen LogP contribution is 2.21. The number of benzene rings is 2. The Morgan fingerprint density at radius 2 is 1.70 bits per heavy atom. The van der Waals surface area contributed by atoms with E-state index in [0.29, 0.717) is 6.54 Å². The second-order valence-electron chi connectivity index (χ2n) is 4.22. The van der Waals surface area contributed by atoms with Crippen LogP contribution >= 0.6 is 31.9 Å². The van der Waals surface area contributed by atoms with Crippen molar-refractivity contribution in [2.45, 2.75) is 4.83 Å². The van der Waals surface area contributed by atoms with Gasteiger partial charge in [0.05, 0.1) is 4.83 Å². The van der Waals surface area contributed by atoms with Crippen molar-refractivity contribution in [2.24, 2.45) is 0 Å². The van der Waals surface area contributed by atoms with E-state index in [4.69, 9.17) is 0 Å². The van der Waals surface area contributed by atoms with Gasteiger partial charge in [-0.15, -0.1) is 0 Å². The second-order valence-corrected chi connectivity index (χ2v) is 6.24. The van der Waals surface area contributed by atoms with Gasteiger partial charge in [0.1, 0.15) is 0 Å². The third-order valence-electron chi connectivity index (χ3n) is 2.71. The molecule has 2 amide bonds. The molecule has 2 aromatic carbocycles. The number of nitrogens with one attached hydrogen (secondary N) is 2. The molecule has 2 rings (SSSR count). The molecule has 0 aromatic heterocycles. The number of hydrogen-bond donors (Lipinski definition) is 2. The summed E-state index contributed by atoms with van der Waals surface area (Å²) in [4.78, 5) is 11.9. The lowest BCUT2D eigenvalue weighted by Crippen LogP contribution is -2.31. The van der Waals surface area contributed by atoms with E-state index in [1.807, 2.05) is 54.6 Å². The van der Waals surface area contributed by atoms with Crippen molar-refractivity contribution in [3.63, 3.8) is 0 Å². The summed E-state index contributed by atoms with van der Waals surface area (Å²) >= 11 is 6.91. The summed E-state index contributed by atoms with van der Waals surface area (Å²) in [5.74, 6) is 0. The summed E-state index contributed by atoms with van der Waals surface area (Å²) in [5.41, 5.74) is 1.90. The number of amides is 2. The van der Waals surface area contributed by atoms with Gasteiger partial charge in [0, 0.05) is 16.7 Å². The van der Waals surface area contributed by atoms with Gasteiger partial charge in [0.2, 0.25) is 0 Å². The molecule has 1 atom stereocenters. The topological polar surface area (TPSA) is 41.1 Å². The molecule has 0 saturated heterocycles. The first kappa shape index (κ1) is 15.1. The van der Waals surface area contributed by atoms with E-state index in [-0.39, 0.29) is 10.9 Å². The summed E-state index contributed by atoms with van der Waals surface area (Å²) < 4.78 is 0.980. The van der Waals surface area contributed by atoms with Crippen molar-refractivity contribution >= 4 is 43.6 Å². The van der Waals surface area contributed by atoms with Crippen LogP contribution in [-0.4, -0.2) is 12.6 Å². The maximum Gasteiger partial charge on any atom is 0.319 e. The number of carbonyl (C=O) groups excluding carboxylic acids is 1. The fourth-order valence-electron chi connectivity index (χ4n) is 1.67. The monoisotopic (exact) mass is 396 g/mol. The molecule has 2 aromatic rings. The minimum atomic E-state index is -0.215. The van der Waals surface area contributed by atoms with Crippen molar-refractivity contribution in [2.75, 3.05) is 11.9 Å². The van der Waals surface area contributed by atoms with Gasteiger partial charge in [-0.3, -0.25) is 0 Å².